The van der Waals surface area contributed by atoms with Crippen LogP contribution in [0.5, 0.6) is 0 Å². The highest BCUT2D eigenvalue weighted by Gasteiger charge is 2.28. The number of halogens is 1. The molecule has 0 aliphatic heterocycles. The van der Waals surface area contributed by atoms with E-state index in [1.54, 1.807) is 26.9 Å². The van der Waals surface area contributed by atoms with Crippen molar-refractivity contribution in [3.05, 3.63) is 313 Å². The zero-order chi connectivity index (χ0) is 71.1. The molecule has 0 radical (unpaired) electrons. The summed E-state index contributed by atoms with van der Waals surface area (Å²) in [4.78, 5) is 53.6. The number of aromatic nitrogens is 3. The number of hydrogen-bond donors (Lipinski definition) is 3. The normalized spacial score (nSPS) is 12.4. The predicted octanol–water partition coefficient (Wildman–Crippen LogP) is 15.2. The van der Waals surface area contributed by atoms with Crippen LogP contribution in [0.15, 0.2) is 291 Å². The van der Waals surface area contributed by atoms with E-state index in [1.807, 2.05) is 205 Å². The van der Waals surface area contributed by atoms with Gasteiger partial charge in [0.05, 0.1) is 40.5 Å². The fourth-order valence-corrected chi connectivity index (χ4v) is 10.7. The Bertz CT molecular complexity index is 4260. The van der Waals surface area contributed by atoms with Crippen molar-refractivity contribution in [3.8, 4) is 55.6 Å². The van der Waals surface area contributed by atoms with Crippen molar-refractivity contribution >= 4 is 34.9 Å². The summed E-state index contributed by atoms with van der Waals surface area (Å²) < 4.78 is 27.0. The number of ketones is 1. The lowest BCUT2D eigenvalue weighted by Gasteiger charge is -2.22. The van der Waals surface area contributed by atoms with Gasteiger partial charge in [0.2, 0.25) is 12.2 Å². The molecule has 0 saturated heterocycles. The van der Waals surface area contributed by atoms with Gasteiger partial charge in [-0.15, -0.1) is 0 Å². The topological polar surface area (TPSA) is 199 Å². The Kier molecular flexibility index (Phi) is 31.7. The first-order valence-electron chi connectivity index (χ1n) is 33.0. The SMILES string of the molecule is CC(=O)c1ccc(-c2ccccc2)cc1.CC(C)OC(=O)[C@@H](Cn1cncn1)OC(=O)N[C@@H](C)c1ccc(-c2ccccc2)cc1.C[C@H](N=C=O)c1ccc(-c2ccccc2)cc1.C[C@H](N[S@@](=O)C(C)(C)C)c1ccc(-c2ccccc2)cc1.C[C@H]([NH3+])c1ccc(-c2ccccc2)cc1.[Cl-]. The molecule has 11 rings (SSSR count). The minimum atomic E-state index is -1.14. The third-order valence-corrected chi connectivity index (χ3v) is 17.3. The molecular formula is C84H90ClN7O7S. The van der Waals surface area contributed by atoms with Gasteiger partial charge in [0.15, 0.2) is 5.78 Å². The lowest BCUT2D eigenvalue weighted by Crippen LogP contribution is -3.00. The molecular weight excluding hydrogens is 1290 g/mol. The molecule has 11 aromatic rings. The average Bonchev–Trinajstić information content (AvgIpc) is 1.04. The van der Waals surface area contributed by atoms with Crippen molar-refractivity contribution < 1.29 is 51.0 Å². The second-order valence-electron chi connectivity index (χ2n) is 24.8. The van der Waals surface area contributed by atoms with Crippen molar-refractivity contribution in [2.75, 3.05) is 0 Å². The molecule has 1 heterocycles. The van der Waals surface area contributed by atoms with Gasteiger partial charge in [-0.05, 0) is 142 Å². The monoisotopic (exact) mass is 1380 g/mol. The Balaban J connectivity index is 0.000000203. The Labute approximate surface area is 598 Å². The van der Waals surface area contributed by atoms with Gasteiger partial charge in [-0.25, -0.2) is 33.0 Å². The Hall–Kier alpha value is -10.5. The molecule has 0 bridgehead atoms. The number of alkyl carbamates (subject to hydrolysis) is 1. The van der Waals surface area contributed by atoms with Crippen molar-refractivity contribution in [1.82, 2.24) is 24.8 Å². The van der Waals surface area contributed by atoms with Gasteiger partial charge in [0.25, 0.3) is 0 Å². The number of carbonyl (C=O) groups excluding carboxylic acids is 4. The number of nitrogens with zero attached hydrogens (tertiary/aromatic N) is 4. The fourth-order valence-electron chi connectivity index (χ4n) is 9.88. The van der Waals surface area contributed by atoms with Gasteiger partial charge in [-0.1, -0.05) is 273 Å². The molecule has 6 atom stereocenters. The van der Waals surface area contributed by atoms with Crippen LogP contribution in [0.4, 0.5) is 4.79 Å². The molecule has 16 heteroatoms. The number of quaternary nitrogens is 1. The minimum Gasteiger partial charge on any atom is -1.00 e. The standard InChI is InChI=1S/C23H26N4O4.C18H23NOS.C15H13NO.C14H15N.C14H12O.ClH/c1-16(2)30-22(28)21(13-27-15-24-14-25-27)31-23(29)26-17(3)18-9-11-20(12-10-18)19-7-5-4-6-8-19;1-14(19-21(20)18(2,3)4)15-10-12-17(13-11-15)16-8-6-5-7-9-16;1-12(16-11-17)13-7-9-15(10-8-13)14-5-3-2-4-6-14;2*1-11(15)12-7-9-14(10-8-12)13-5-3-2-4-6-13;/h4-12,14-17,21H,13H2,1-3H3,(H,26,29);5-14,19H,1-4H3;2-10,12H,1H3;2-11H,15H2,1H3;2-10H,1H3;1H/t17-,21+;14-,21-;12-;11-;;/m0000../s1. The number of carbonyl (C=O) groups is 3. The number of esters is 1. The molecule has 0 fully saturated rings. The molecule has 0 saturated carbocycles. The number of isocyanates is 1. The fraction of sp³-hybridized carbons (Fsp3) is 0.214. The van der Waals surface area contributed by atoms with Gasteiger partial charge in [-0.2, -0.15) is 10.1 Å². The zero-order valence-electron chi connectivity index (χ0n) is 58.4. The molecule has 0 spiro atoms. The minimum absolute atomic E-state index is 0. The van der Waals surface area contributed by atoms with E-state index in [2.05, 4.69) is 147 Å². The van der Waals surface area contributed by atoms with E-state index in [0.717, 1.165) is 44.5 Å². The number of benzene rings is 10. The maximum Gasteiger partial charge on any atom is 0.408 e. The number of rotatable bonds is 19. The van der Waals surface area contributed by atoms with E-state index in [4.69, 9.17) is 9.47 Å². The average molecular weight is 1380 g/mol. The Morgan fingerprint density at radius 2 is 0.840 bits per heavy atom. The number of ether oxygens (including phenoxy) is 2. The predicted molar refractivity (Wildman–Crippen MR) is 400 cm³/mol. The first-order valence-corrected chi connectivity index (χ1v) is 34.2. The summed E-state index contributed by atoms with van der Waals surface area (Å²) in [5, 5.41) is 6.71. The van der Waals surface area contributed by atoms with Crippen molar-refractivity contribution in [3.63, 3.8) is 0 Å². The molecule has 100 heavy (non-hydrogen) atoms. The molecule has 0 unspecified atom stereocenters. The maximum atomic E-state index is 12.5. The summed E-state index contributed by atoms with van der Waals surface area (Å²) >= 11 is 0. The first kappa shape index (κ1) is 78.5. The van der Waals surface area contributed by atoms with Crippen molar-refractivity contribution in [2.24, 2.45) is 4.99 Å². The molecule has 0 aliphatic rings. The van der Waals surface area contributed by atoms with Crippen LogP contribution in [0, 0.1) is 0 Å². The summed E-state index contributed by atoms with van der Waals surface area (Å²) in [6, 6.07) is 91.8. The van der Waals surface area contributed by atoms with Crippen LogP contribution in [-0.4, -0.2) is 59.9 Å². The highest BCUT2D eigenvalue weighted by molar-refractivity contribution is 7.84. The van der Waals surface area contributed by atoms with Crippen LogP contribution in [0.1, 0.15) is 126 Å². The largest absolute Gasteiger partial charge is 1.00 e. The van der Waals surface area contributed by atoms with Crippen molar-refractivity contribution in [1.29, 1.82) is 0 Å². The van der Waals surface area contributed by atoms with E-state index in [9.17, 15) is 23.4 Å². The van der Waals surface area contributed by atoms with Gasteiger partial charge >= 0.3 is 12.1 Å². The van der Waals surface area contributed by atoms with Crippen LogP contribution in [0.25, 0.3) is 55.6 Å². The number of Topliss-reactive ketones (excluding diaryl/α,β-unsaturated/α-hetero) is 1. The van der Waals surface area contributed by atoms with Crippen LogP contribution < -0.4 is 28.2 Å². The second-order valence-corrected chi connectivity index (χ2v) is 26.8. The molecule has 516 valence electrons. The van der Waals surface area contributed by atoms with E-state index >= 15 is 0 Å². The first-order chi connectivity index (χ1) is 47.6. The van der Waals surface area contributed by atoms with E-state index in [-0.39, 0.29) is 53.7 Å². The van der Waals surface area contributed by atoms with Crippen molar-refractivity contribution in [2.45, 2.75) is 117 Å². The highest BCUT2D eigenvalue weighted by atomic mass is 35.5. The van der Waals surface area contributed by atoms with E-state index in [0.29, 0.717) is 6.04 Å². The lowest BCUT2D eigenvalue weighted by molar-refractivity contribution is -0.420. The smallest absolute Gasteiger partial charge is 0.408 e. The quantitative estimate of drug-likeness (QED) is 0.0305. The summed E-state index contributed by atoms with van der Waals surface area (Å²) in [6.45, 7) is 18.8. The second kappa shape index (κ2) is 40.4. The summed E-state index contributed by atoms with van der Waals surface area (Å²) in [7, 11) is -1.06. The number of hydrogen-bond acceptors (Lipinski definition) is 10. The highest BCUT2D eigenvalue weighted by Crippen LogP contribution is 2.27. The third-order valence-electron chi connectivity index (χ3n) is 15.6. The Morgan fingerprint density at radius 1 is 0.500 bits per heavy atom. The lowest BCUT2D eigenvalue weighted by atomic mass is 10.0. The van der Waals surface area contributed by atoms with Gasteiger partial charge in [0.1, 0.15) is 18.7 Å². The molecule has 0 aliphatic carbocycles. The van der Waals surface area contributed by atoms with Gasteiger partial charge in [0, 0.05) is 17.2 Å². The maximum absolute atomic E-state index is 12.5. The van der Waals surface area contributed by atoms with Crippen LogP contribution >= 0.6 is 0 Å². The van der Waals surface area contributed by atoms with E-state index in [1.165, 1.54) is 56.3 Å². The number of nitrogens with one attached hydrogen (secondary N) is 2. The van der Waals surface area contributed by atoms with E-state index < -0.39 is 29.2 Å². The molecule has 1 amide bonds. The molecule has 1 aromatic heterocycles. The number of amides is 1. The zero-order valence-corrected chi connectivity index (χ0v) is 60.0. The summed E-state index contributed by atoms with van der Waals surface area (Å²) in [5.41, 5.74) is 20.9. The number of aliphatic imine (C=N–C) groups is 1. The summed E-state index contributed by atoms with van der Waals surface area (Å²) in [5.74, 6) is -0.532. The van der Waals surface area contributed by atoms with Crippen LogP contribution in [0.2, 0.25) is 0 Å². The van der Waals surface area contributed by atoms with Crippen LogP contribution in [-0.2, 0) is 36.6 Å². The molecule has 10 aromatic carbocycles. The third kappa shape index (κ3) is 25.7. The molecule has 5 N–H and O–H groups in total. The summed E-state index contributed by atoms with van der Waals surface area (Å²) in [6.07, 6.45) is 2.17. The molecule has 14 nitrogen and oxygen atoms in total. The Morgan fingerprint density at radius 3 is 1.16 bits per heavy atom. The van der Waals surface area contributed by atoms with Gasteiger partial charge < -0.3 is 32.9 Å². The van der Waals surface area contributed by atoms with Gasteiger partial charge in [-0.3, -0.25) is 4.79 Å². The van der Waals surface area contributed by atoms with Crippen LogP contribution in [0.3, 0.4) is 0 Å².